The Morgan fingerprint density at radius 3 is 2.44 bits per heavy atom. The molecule has 0 bridgehead atoms. The van der Waals surface area contributed by atoms with Crippen molar-refractivity contribution in [2.24, 2.45) is 0 Å². The summed E-state index contributed by atoms with van der Waals surface area (Å²) in [6, 6.07) is 9.38. The molecule has 0 saturated heterocycles. The zero-order valence-corrected chi connectivity index (χ0v) is 12.4. The van der Waals surface area contributed by atoms with Crippen LogP contribution in [-0.4, -0.2) is 9.97 Å². The van der Waals surface area contributed by atoms with Gasteiger partial charge in [0.25, 0.3) is 0 Å². The topological polar surface area (TPSA) is 61.0 Å². The van der Waals surface area contributed by atoms with Crippen LogP contribution in [-0.2, 0) is 0 Å². The second-order valence-corrected chi connectivity index (χ2v) is 5.45. The fourth-order valence-corrected chi connectivity index (χ4v) is 1.75. The molecule has 0 unspecified atom stereocenters. The molecule has 18 heavy (non-hydrogen) atoms. The summed E-state index contributed by atoms with van der Waals surface area (Å²) in [5.41, 5.74) is 5.74. The molecule has 0 atom stereocenters. The van der Waals surface area contributed by atoms with Gasteiger partial charge in [0.05, 0.1) is 0 Å². The van der Waals surface area contributed by atoms with Gasteiger partial charge < -0.3 is 10.5 Å². The van der Waals surface area contributed by atoms with Crippen LogP contribution >= 0.6 is 22.6 Å². The van der Waals surface area contributed by atoms with Gasteiger partial charge in [-0.2, -0.15) is 4.98 Å². The number of benzene rings is 1. The van der Waals surface area contributed by atoms with Gasteiger partial charge in [0.2, 0.25) is 5.88 Å². The Balaban J connectivity index is 2.26. The van der Waals surface area contributed by atoms with E-state index in [9.17, 15) is 0 Å². The maximum atomic E-state index is 5.74. The minimum atomic E-state index is 0.215. The van der Waals surface area contributed by atoms with Crippen molar-refractivity contribution < 1.29 is 4.74 Å². The molecule has 0 saturated carbocycles. The zero-order valence-electron chi connectivity index (χ0n) is 10.2. The molecule has 0 spiro atoms. The number of hydrogen-bond donors (Lipinski definition) is 1. The SMILES string of the molecule is CC(C)c1nc(N)cc(Oc2ccc(I)cc2)n1. The van der Waals surface area contributed by atoms with Crippen molar-refractivity contribution in [3.8, 4) is 11.6 Å². The fraction of sp³-hybridized carbons (Fsp3) is 0.231. The van der Waals surface area contributed by atoms with E-state index in [1.807, 2.05) is 38.1 Å². The number of nitrogens with zero attached hydrogens (tertiary/aromatic N) is 2. The van der Waals surface area contributed by atoms with Crippen LogP contribution in [0.5, 0.6) is 11.6 Å². The number of rotatable bonds is 3. The summed E-state index contributed by atoms with van der Waals surface area (Å²) in [6.45, 7) is 4.03. The highest BCUT2D eigenvalue weighted by Gasteiger charge is 2.08. The average Bonchev–Trinajstić information content (AvgIpc) is 2.31. The van der Waals surface area contributed by atoms with Gasteiger partial charge in [0.1, 0.15) is 17.4 Å². The molecule has 1 aromatic heterocycles. The van der Waals surface area contributed by atoms with Crippen molar-refractivity contribution in [2.75, 3.05) is 5.73 Å². The number of halogens is 1. The standard InChI is InChI=1S/C13H14IN3O/c1-8(2)13-16-11(15)7-12(17-13)18-10-5-3-9(14)4-6-10/h3-8H,1-2H3,(H2,15,16,17). The molecule has 0 radical (unpaired) electrons. The van der Waals surface area contributed by atoms with Gasteiger partial charge in [-0.05, 0) is 46.9 Å². The first-order valence-corrected chi connectivity index (χ1v) is 6.70. The molecule has 0 amide bonds. The number of ether oxygens (including phenoxy) is 1. The molecule has 0 aliphatic carbocycles. The smallest absolute Gasteiger partial charge is 0.224 e. The first kappa shape index (κ1) is 13.1. The minimum absolute atomic E-state index is 0.215. The molecule has 0 fully saturated rings. The van der Waals surface area contributed by atoms with Crippen LogP contribution in [0.1, 0.15) is 25.6 Å². The second kappa shape index (κ2) is 5.51. The Labute approximate surface area is 120 Å². The van der Waals surface area contributed by atoms with Crippen molar-refractivity contribution in [1.29, 1.82) is 0 Å². The molecule has 2 rings (SSSR count). The molecule has 5 heteroatoms. The van der Waals surface area contributed by atoms with Gasteiger partial charge in [-0.1, -0.05) is 13.8 Å². The van der Waals surface area contributed by atoms with Crippen LogP contribution in [0.4, 0.5) is 5.82 Å². The third-order valence-electron chi connectivity index (χ3n) is 2.29. The molecular formula is C13H14IN3O. The van der Waals surface area contributed by atoms with Crippen molar-refractivity contribution in [3.63, 3.8) is 0 Å². The molecule has 2 aromatic rings. The number of aromatic nitrogens is 2. The summed E-state index contributed by atoms with van der Waals surface area (Å²) in [6.07, 6.45) is 0. The first-order valence-electron chi connectivity index (χ1n) is 5.62. The highest BCUT2D eigenvalue weighted by atomic mass is 127. The Morgan fingerprint density at radius 2 is 1.83 bits per heavy atom. The van der Waals surface area contributed by atoms with Crippen LogP contribution in [0.2, 0.25) is 0 Å². The summed E-state index contributed by atoms with van der Waals surface area (Å²) >= 11 is 2.25. The third-order valence-corrected chi connectivity index (χ3v) is 3.01. The summed E-state index contributed by atoms with van der Waals surface area (Å²) in [4.78, 5) is 8.51. The molecule has 1 aromatic carbocycles. The van der Waals surface area contributed by atoms with E-state index in [0.29, 0.717) is 17.5 Å². The van der Waals surface area contributed by atoms with Crippen LogP contribution in [0.3, 0.4) is 0 Å². The van der Waals surface area contributed by atoms with Crippen LogP contribution in [0.15, 0.2) is 30.3 Å². The Hall–Kier alpha value is -1.37. The molecule has 0 aliphatic rings. The van der Waals surface area contributed by atoms with Crippen LogP contribution < -0.4 is 10.5 Å². The molecule has 94 valence electrons. The lowest BCUT2D eigenvalue weighted by Crippen LogP contribution is -2.02. The summed E-state index contributed by atoms with van der Waals surface area (Å²) in [5.74, 6) is 2.55. The van der Waals surface area contributed by atoms with Crippen molar-refractivity contribution in [3.05, 3.63) is 39.7 Å². The maximum Gasteiger partial charge on any atom is 0.224 e. The van der Waals surface area contributed by atoms with Gasteiger partial charge >= 0.3 is 0 Å². The van der Waals surface area contributed by atoms with Gasteiger partial charge in [-0.25, -0.2) is 4.98 Å². The Bertz CT molecular complexity index is 540. The van der Waals surface area contributed by atoms with Gasteiger partial charge in [-0.3, -0.25) is 0 Å². The fourth-order valence-electron chi connectivity index (χ4n) is 1.40. The van der Waals surface area contributed by atoms with E-state index < -0.39 is 0 Å². The number of nitrogen functional groups attached to an aromatic ring is 1. The predicted molar refractivity (Wildman–Crippen MR) is 79.8 cm³/mol. The lowest BCUT2D eigenvalue weighted by Gasteiger charge is -2.09. The minimum Gasteiger partial charge on any atom is -0.439 e. The third kappa shape index (κ3) is 3.32. The van der Waals surface area contributed by atoms with Gasteiger partial charge in [0, 0.05) is 15.6 Å². The lowest BCUT2D eigenvalue weighted by atomic mass is 10.2. The van der Waals surface area contributed by atoms with Crippen molar-refractivity contribution >= 4 is 28.4 Å². The van der Waals surface area contributed by atoms with Gasteiger partial charge in [0.15, 0.2) is 0 Å². The molecule has 0 aliphatic heterocycles. The molecule has 2 N–H and O–H groups in total. The van der Waals surface area contributed by atoms with Gasteiger partial charge in [-0.15, -0.1) is 0 Å². The van der Waals surface area contributed by atoms with E-state index in [1.54, 1.807) is 6.07 Å². The largest absolute Gasteiger partial charge is 0.439 e. The highest BCUT2D eigenvalue weighted by molar-refractivity contribution is 14.1. The average molecular weight is 355 g/mol. The highest BCUT2D eigenvalue weighted by Crippen LogP contribution is 2.23. The summed E-state index contributed by atoms with van der Waals surface area (Å²) in [7, 11) is 0. The molecular weight excluding hydrogens is 341 g/mol. The molecule has 1 heterocycles. The number of hydrogen-bond acceptors (Lipinski definition) is 4. The van der Waals surface area contributed by atoms with E-state index >= 15 is 0 Å². The van der Waals surface area contributed by atoms with Crippen molar-refractivity contribution in [2.45, 2.75) is 19.8 Å². The van der Waals surface area contributed by atoms with E-state index in [2.05, 4.69) is 32.6 Å². The first-order chi connectivity index (χ1) is 8.54. The number of nitrogens with two attached hydrogens (primary N) is 1. The summed E-state index contributed by atoms with van der Waals surface area (Å²) in [5, 5.41) is 0. The van der Waals surface area contributed by atoms with Crippen LogP contribution in [0.25, 0.3) is 0 Å². The predicted octanol–water partition coefficient (Wildman–Crippen LogP) is 3.58. The quantitative estimate of drug-likeness (QED) is 0.855. The second-order valence-electron chi connectivity index (χ2n) is 4.20. The van der Waals surface area contributed by atoms with E-state index in [-0.39, 0.29) is 5.92 Å². The van der Waals surface area contributed by atoms with E-state index in [1.165, 1.54) is 0 Å². The monoisotopic (exact) mass is 355 g/mol. The Kier molecular flexibility index (Phi) is 4.00. The van der Waals surface area contributed by atoms with E-state index in [4.69, 9.17) is 10.5 Å². The maximum absolute atomic E-state index is 5.74. The van der Waals surface area contributed by atoms with Crippen molar-refractivity contribution in [1.82, 2.24) is 9.97 Å². The Morgan fingerprint density at radius 1 is 1.17 bits per heavy atom. The van der Waals surface area contributed by atoms with E-state index in [0.717, 1.165) is 9.32 Å². The summed E-state index contributed by atoms with van der Waals surface area (Å²) < 4.78 is 6.83. The normalized spacial score (nSPS) is 10.7. The van der Waals surface area contributed by atoms with Crippen LogP contribution in [0, 0.1) is 3.57 Å². The lowest BCUT2D eigenvalue weighted by molar-refractivity contribution is 0.457. The number of anilines is 1. The molecule has 4 nitrogen and oxygen atoms in total. The zero-order chi connectivity index (χ0) is 13.1.